The zero-order chi connectivity index (χ0) is 14.1. The molecule has 0 spiro atoms. The molecule has 1 aromatic carbocycles. The van der Waals surface area contributed by atoms with Gasteiger partial charge in [-0.3, -0.25) is 5.32 Å². The molecule has 0 bridgehead atoms. The van der Waals surface area contributed by atoms with Crippen molar-refractivity contribution in [2.24, 2.45) is 5.73 Å². The van der Waals surface area contributed by atoms with Crippen molar-refractivity contribution in [1.82, 2.24) is 9.97 Å². The van der Waals surface area contributed by atoms with E-state index in [0.717, 1.165) is 20.7 Å². The van der Waals surface area contributed by atoms with Gasteiger partial charge in [-0.1, -0.05) is 28.7 Å². The lowest BCUT2D eigenvalue weighted by atomic mass is 10.2. The van der Waals surface area contributed by atoms with Crippen molar-refractivity contribution in [3.63, 3.8) is 0 Å². The summed E-state index contributed by atoms with van der Waals surface area (Å²) >= 11 is 2.84. The van der Waals surface area contributed by atoms with Gasteiger partial charge in [0.1, 0.15) is 0 Å². The summed E-state index contributed by atoms with van der Waals surface area (Å²) in [6, 6.07) is 5.28. The second-order valence-electron chi connectivity index (χ2n) is 3.89. The molecule has 8 heteroatoms. The number of thiazole rings is 2. The number of fused-ring (bicyclic) bond motifs is 1. The number of ether oxygens (including phenoxy) is 1. The predicted molar refractivity (Wildman–Crippen MR) is 80.5 cm³/mol. The summed E-state index contributed by atoms with van der Waals surface area (Å²) in [5, 5.41) is 3.60. The Bertz CT molecular complexity index is 781. The Morgan fingerprint density at radius 1 is 1.40 bits per heavy atom. The minimum atomic E-state index is -0.614. The molecule has 2 amide bonds. The van der Waals surface area contributed by atoms with E-state index < -0.39 is 6.03 Å². The quantitative estimate of drug-likeness (QED) is 0.778. The number of rotatable bonds is 3. The first kappa shape index (κ1) is 12.8. The van der Waals surface area contributed by atoms with Gasteiger partial charge in [-0.25, -0.2) is 14.8 Å². The molecule has 102 valence electrons. The number of nitrogens with zero attached hydrogens (tertiary/aromatic N) is 2. The molecular weight excluding hydrogens is 296 g/mol. The minimum absolute atomic E-state index is 0.492. The fourth-order valence-electron chi connectivity index (χ4n) is 1.73. The topological polar surface area (TPSA) is 90.1 Å². The van der Waals surface area contributed by atoms with Crippen molar-refractivity contribution in [3.8, 4) is 15.6 Å². The van der Waals surface area contributed by atoms with Crippen molar-refractivity contribution in [2.45, 2.75) is 0 Å². The molecule has 0 aliphatic heterocycles. The molecule has 2 heterocycles. The summed E-state index contributed by atoms with van der Waals surface area (Å²) in [6.07, 6.45) is 1.76. The van der Waals surface area contributed by atoms with Gasteiger partial charge in [-0.2, -0.15) is 0 Å². The van der Waals surface area contributed by atoms with Crippen LogP contribution in [0.1, 0.15) is 0 Å². The summed E-state index contributed by atoms with van der Waals surface area (Å²) in [5.41, 5.74) is 6.90. The maximum atomic E-state index is 10.8. The van der Waals surface area contributed by atoms with Gasteiger partial charge in [0, 0.05) is 6.20 Å². The van der Waals surface area contributed by atoms with Gasteiger partial charge >= 0.3 is 6.03 Å². The highest BCUT2D eigenvalue weighted by atomic mass is 32.1. The molecule has 0 radical (unpaired) electrons. The van der Waals surface area contributed by atoms with Crippen LogP contribution in [0.25, 0.3) is 20.7 Å². The Morgan fingerprint density at radius 3 is 2.95 bits per heavy atom. The normalized spacial score (nSPS) is 10.7. The molecule has 0 saturated carbocycles. The fraction of sp³-hybridized carbons (Fsp3) is 0.0833. The van der Waals surface area contributed by atoms with E-state index in [9.17, 15) is 4.79 Å². The first-order chi connectivity index (χ1) is 9.65. The zero-order valence-electron chi connectivity index (χ0n) is 10.4. The highest BCUT2D eigenvalue weighted by molar-refractivity contribution is 7.22. The fourth-order valence-corrected chi connectivity index (χ4v) is 3.30. The van der Waals surface area contributed by atoms with Crippen LogP contribution < -0.4 is 15.8 Å². The summed E-state index contributed by atoms with van der Waals surface area (Å²) in [5.74, 6) is 0. The molecule has 0 saturated heterocycles. The number of carbonyl (C=O) groups is 1. The third-order valence-corrected chi connectivity index (χ3v) is 4.52. The standard InChI is InChI=1S/C12H10N4O2S2/c1-18-12-14-5-9(20-12)6-2-3-8-7(4-6)15-11(19-8)16-10(13)17/h2-5H,1H3,(H3,13,15,16,17). The number of hydrogen-bond acceptors (Lipinski definition) is 6. The van der Waals surface area contributed by atoms with Crippen LogP contribution >= 0.6 is 22.7 Å². The lowest BCUT2D eigenvalue weighted by Gasteiger charge is -1.95. The Balaban J connectivity index is 1.99. The van der Waals surface area contributed by atoms with Crippen molar-refractivity contribution in [2.75, 3.05) is 12.4 Å². The van der Waals surface area contributed by atoms with Crippen LogP contribution in [0.4, 0.5) is 9.93 Å². The van der Waals surface area contributed by atoms with E-state index in [1.165, 1.54) is 22.7 Å². The largest absolute Gasteiger partial charge is 0.473 e. The van der Waals surface area contributed by atoms with E-state index in [4.69, 9.17) is 10.5 Å². The van der Waals surface area contributed by atoms with Crippen LogP contribution in [-0.2, 0) is 0 Å². The van der Waals surface area contributed by atoms with Gasteiger partial charge in [0.15, 0.2) is 5.13 Å². The molecule has 0 fully saturated rings. The average Bonchev–Trinajstić information content (AvgIpc) is 3.02. The summed E-state index contributed by atoms with van der Waals surface area (Å²) < 4.78 is 6.06. The molecule has 0 aliphatic rings. The van der Waals surface area contributed by atoms with Crippen LogP contribution in [0.5, 0.6) is 5.19 Å². The zero-order valence-corrected chi connectivity index (χ0v) is 12.0. The summed E-state index contributed by atoms with van der Waals surface area (Å²) in [7, 11) is 1.59. The second-order valence-corrected chi connectivity index (χ2v) is 5.91. The molecule has 6 nitrogen and oxygen atoms in total. The molecule has 3 aromatic rings. The third-order valence-electron chi connectivity index (χ3n) is 2.56. The highest BCUT2D eigenvalue weighted by Gasteiger charge is 2.09. The SMILES string of the molecule is COc1ncc(-c2ccc3sc(NC(N)=O)nc3c2)s1. The highest BCUT2D eigenvalue weighted by Crippen LogP contribution is 2.34. The van der Waals surface area contributed by atoms with Gasteiger partial charge in [0.05, 0.1) is 22.2 Å². The molecule has 0 unspecified atom stereocenters. The van der Waals surface area contributed by atoms with Crippen molar-refractivity contribution in [1.29, 1.82) is 0 Å². The van der Waals surface area contributed by atoms with Crippen LogP contribution in [0.3, 0.4) is 0 Å². The molecule has 2 aromatic heterocycles. The van der Waals surface area contributed by atoms with Crippen LogP contribution in [-0.4, -0.2) is 23.1 Å². The van der Waals surface area contributed by atoms with E-state index in [1.807, 2.05) is 18.2 Å². The Labute approximate surface area is 122 Å². The number of nitrogens with two attached hydrogens (primary N) is 1. The van der Waals surface area contributed by atoms with E-state index in [0.29, 0.717) is 10.3 Å². The number of nitrogens with one attached hydrogen (secondary N) is 1. The van der Waals surface area contributed by atoms with Gasteiger partial charge in [0.2, 0.25) is 0 Å². The van der Waals surface area contributed by atoms with Gasteiger partial charge < -0.3 is 10.5 Å². The van der Waals surface area contributed by atoms with Crippen molar-refractivity contribution < 1.29 is 9.53 Å². The lowest BCUT2D eigenvalue weighted by Crippen LogP contribution is -2.18. The predicted octanol–water partition coefficient (Wildman–Crippen LogP) is 2.92. The number of amides is 2. The third kappa shape index (κ3) is 2.43. The number of primary amides is 1. The molecule has 0 aliphatic carbocycles. The minimum Gasteiger partial charge on any atom is -0.473 e. The first-order valence-corrected chi connectivity index (χ1v) is 7.26. The molecule has 3 N–H and O–H groups in total. The van der Waals surface area contributed by atoms with E-state index >= 15 is 0 Å². The number of methoxy groups -OCH3 is 1. The van der Waals surface area contributed by atoms with Crippen molar-refractivity contribution >= 4 is 44.1 Å². The Kier molecular flexibility index (Phi) is 3.25. The molecule has 20 heavy (non-hydrogen) atoms. The van der Waals surface area contributed by atoms with Gasteiger partial charge in [-0.05, 0) is 17.7 Å². The maximum absolute atomic E-state index is 10.8. The lowest BCUT2D eigenvalue weighted by molar-refractivity contribution is 0.259. The summed E-state index contributed by atoms with van der Waals surface area (Å²) in [6.45, 7) is 0. The number of benzene rings is 1. The van der Waals surface area contributed by atoms with Crippen LogP contribution in [0.15, 0.2) is 24.4 Å². The van der Waals surface area contributed by atoms with E-state index in [2.05, 4.69) is 15.3 Å². The van der Waals surface area contributed by atoms with Gasteiger partial charge in [-0.15, -0.1) is 0 Å². The molecule has 3 rings (SSSR count). The van der Waals surface area contributed by atoms with E-state index in [-0.39, 0.29) is 0 Å². The monoisotopic (exact) mass is 306 g/mol. The molecule has 0 atom stereocenters. The van der Waals surface area contributed by atoms with Crippen molar-refractivity contribution in [3.05, 3.63) is 24.4 Å². The van der Waals surface area contributed by atoms with Gasteiger partial charge in [0.25, 0.3) is 5.19 Å². The Morgan fingerprint density at radius 2 is 2.25 bits per heavy atom. The van der Waals surface area contributed by atoms with E-state index in [1.54, 1.807) is 13.3 Å². The number of aromatic nitrogens is 2. The summed E-state index contributed by atoms with van der Waals surface area (Å²) in [4.78, 5) is 20.3. The van der Waals surface area contributed by atoms with Crippen LogP contribution in [0.2, 0.25) is 0 Å². The first-order valence-electron chi connectivity index (χ1n) is 5.63. The smallest absolute Gasteiger partial charge is 0.318 e. The average molecular weight is 306 g/mol. The number of anilines is 1. The second kappa shape index (κ2) is 5.06. The number of hydrogen-bond donors (Lipinski definition) is 2. The number of carbonyl (C=O) groups excluding carboxylic acids is 1. The Hall–Kier alpha value is -2.19. The maximum Gasteiger partial charge on any atom is 0.318 e. The number of urea groups is 1. The molecular formula is C12H10N4O2S2. The van der Waals surface area contributed by atoms with Crippen LogP contribution in [0, 0.1) is 0 Å².